The second-order valence-corrected chi connectivity index (χ2v) is 20.8. The Morgan fingerprint density at radius 1 is 0.389 bits per heavy atom. The smallest absolute Gasteiger partial charge is 0.0811 e. The van der Waals surface area contributed by atoms with Gasteiger partial charge >= 0.3 is 0 Å². The maximum absolute atomic E-state index is 2.48. The Morgan fingerprint density at radius 2 is 0.907 bits per heavy atom. The second kappa shape index (κ2) is 11.5. The molecule has 1 aliphatic carbocycles. The lowest BCUT2D eigenvalue weighted by Crippen LogP contribution is -2.41. The molecule has 1 heterocycles. The van der Waals surface area contributed by atoms with Crippen molar-refractivity contribution in [2.75, 3.05) is 4.90 Å². The van der Waals surface area contributed by atoms with Gasteiger partial charge in [0, 0.05) is 33.5 Å². The molecule has 0 amide bonds. The first kappa shape index (κ1) is 31.1. The third kappa shape index (κ3) is 4.65. The molecule has 0 unspecified atom stereocenters. The maximum Gasteiger partial charge on any atom is 0.0811 e. The standard InChI is InChI=1S/C51H38N2Si/c1-54(2,3)51-41-16-8-7-13-33(41)23-26-50(51)52(38-14-5-4-6-15-38)39-24-21-34-29-44-46(31-36(34)27-39)45-30-35-22-25-40(28-37(35)32-47(44)45)53-48-19-11-9-17-42(48)43-18-10-12-20-49(43)53/h4-32H,1-3H3. The number of hydrogen-bond acceptors (Lipinski definition) is 1. The summed E-state index contributed by atoms with van der Waals surface area (Å²) in [4.78, 5) is 2.48. The van der Waals surface area contributed by atoms with Crippen LogP contribution in [0, 0.1) is 0 Å². The van der Waals surface area contributed by atoms with Gasteiger partial charge in [-0.3, -0.25) is 0 Å². The van der Waals surface area contributed by atoms with Gasteiger partial charge in [0.15, 0.2) is 0 Å². The van der Waals surface area contributed by atoms with Crippen molar-refractivity contribution in [1.82, 2.24) is 4.57 Å². The Kier molecular flexibility index (Phi) is 6.65. The van der Waals surface area contributed by atoms with Crippen LogP contribution in [0.25, 0.3) is 82.1 Å². The number of rotatable bonds is 5. The van der Waals surface area contributed by atoms with Gasteiger partial charge in [-0.1, -0.05) is 117 Å². The van der Waals surface area contributed by atoms with Crippen molar-refractivity contribution in [2.24, 2.45) is 0 Å². The number of hydrogen-bond donors (Lipinski definition) is 0. The van der Waals surface area contributed by atoms with Gasteiger partial charge in [-0.2, -0.15) is 0 Å². The lowest BCUT2D eigenvalue weighted by atomic mass is 9.78. The Bertz CT molecular complexity index is 3090. The van der Waals surface area contributed by atoms with Gasteiger partial charge in [0.1, 0.15) is 0 Å². The fourth-order valence-corrected chi connectivity index (χ4v) is 11.1. The largest absolute Gasteiger partial charge is 0.311 e. The fourth-order valence-electron chi connectivity index (χ4n) is 9.12. The predicted molar refractivity (Wildman–Crippen MR) is 235 cm³/mol. The molecule has 0 atom stereocenters. The number of benzene rings is 9. The highest BCUT2D eigenvalue weighted by molar-refractivity contribution is 6.91. The summed E-state index contributed by atoms with van der Waals surface area (Å²) in [6.07, 6.45) is 0. The molecule has 1 aliphatic rings. The van der Waals surface area contributed by atoms with Crippen LogP contribution in [-0.4, -0.2) is 12.6 Å². The zero-order chi connectivity index (χ0) is 36.1. The molecule has 0 spiro atoms. The quantitative estimate of drug-likeness (QED) is 0.162. The second-order valence-electron chi connectivity index (χ2n) is 15.8. The van der Waals surface area contributed by atoms with Gasteiger partial charge in [-0.25, -0.2) is 0 Å². The van der Waals surface area contributed by atoms with E-state index < -0.39 is 8.07 Å². The molecule has 3 heteroatoms. The normalized spacial score (nSPS) is 12.4. The Balaban J connectivity index is 1.03. The molecule has 9 aromatic carbocycles. The summed E-state index contributed by atoms with van der Waals surface area (Å²) in [5.74, 6) is 0. The molecule has 1 aromatic heterocycles. The van der Waals surface area contributed by atoms with Crippen molar-refractivity contribution in [1.29, 1.82) is 0 Å². The average Bonchev–Trinajstić information content (AvgIpc) is 3.54. The molecule has 0 bridgehead atoms. The number of nitrogens with zero attached hydrogens (tertiary/aromatic N) is 2. The fraction of sp³-hybridized carbons (Fsp3) is 0.0588. The van der Waals surface area contributed by atoms with Crippen LogP contribution < -0.4 is 10.1 Å². The van der Waals surface area contributed by atoms with E-state index in [4.69, 9.17) is 0 Å². The zero-order valence-corrected chi connectivity index (χ0v) is 31.6. The van der Waals surface area contributed by atoms with Gasteiger partial charge in [-0.05, 0) is 139 Å². The minimum Gasteiger partial charge on any atom is -0.311 e. The third-order valence-electron chi connectivity index (χ3n) is 11.5. The van der Waals surface area contributed by atoms with E-state index in [9.17, 15) is 0 Å². The molecule has 0 saturated heterocycles. The minimum absolute atomic E-state index is 1.17. The van der Waals surface area contributed by atoms with Crippen LogP contribution in [0.4, 0.5) is 17.1 Å². The van der Waals surface area contributed by atoms with Gasteiger partial charge in [0.2, 0.25) is 0 Å². The lowest BCUT2D eigenvalue weighted by Gasteiger charge is -2.33. The van der Waals surface area contributed by atoms with Gasteiger partial charge in [-0.15, -0.1) is 0 Å². The van der Waals surface area contributed by atoms with Crippen molar-refractivity contribution in [3.63, 3.8) is 0 Å². The number of anilines is 3. The minimum atomic E-state index is -1.78. The summed E-state index contributed by atoms with van der Waals surface area (Å²) in [7, 11) is -1.78. The van der Waals surface area contributed by atoms with E-state index in [1.54, 1.807) is 0 Å². The van der Waals surface area contributed by atoms with Crippen LogP contribution in [0.1, 0.15) is 0 Å². The summed E-state index contributed by atoms with van der Waals surface area (Å²) in [6.45, 7) is 7.40. The van der Waals surface area contributed by atoms with Crippen molar-refractivity contribution >= 4 is 84.4 Å². The number of fused-ring (bicyclic) bond motifs is 10. The summed E-state index contributed by atoms with van der Waals surface area (Å²) in [6, 6.07) is 65.4. The molecule has 54 heavy (non-hydrogen) atoms. The van der Waals surface area contributed by atoms with Crippen molar-refractivity contribution in [3.05, 3.63) is 176 Å². The predicted octanol–water partition coefficient (Wildman–Crippen LogP) is 13.9. The molecular formula is C51H38N2Si. The Morgan fingerprint density at radius 3 is 1.56 bits per heavy atom. The van der Waals surface area contributed by atoms with E-state index in [0.717, 1.165) is 0 Å². The van der Waals surface area contributed by atoms with Gasteiger partial charge in [0.25, 0.3) is 0 Å². The summed E-state index contributed by atoms with van der Waals surface area (Å²) in [5.41, 5.74) is 12.6. The van der Waals surface area contributed by atoms with Gasteiger partial charge < -0.3 is 9.47 Å². The monoisotopic (exact) mass is 706 g/mol. The first-order chi connectivity index (χ1) is 26.4. The first-order valence-electron chi connectivity index (χ1n) is 18.9. The molecule has 10 aromatic rings. The molecule has 0 saturated carbocycles. The molecule has 0 aliphatic heterocycles. The van der Waals surface area contributed by atoms with E-state index >= 15 is 0 Å². The van der Waals surface area contributed by atoms with Crippen LogP contribution in [0.15, 0.2) is 176 Å². The molecule has 256 valence electrons. The third-order valence-corrected chi connectivity index (χ3v) is 13.5. The Labute approximate surface area is 316 Å². The van der Waals surface area contributed by atoms with Gasteiger partial charge in [0.05, 0.1) is 19.1 Å². The lowest BCUT2D eigenvalue weighted by molar-refractivity contribution is 1.19. The maximum atomic E-state index is 2.48. The van der Waals surface area contributed by atoms with E-state index in [0.29, 0.717) is 0 Å². The zero-order valence-electron chi connectivity index (χ0n) is 30.6. The number of para-hydroxylation sites is 3. The topological polar surface area (TPSA) is 8.17 Å². The number of aromatic nitrogens is 1. The van der Waals surface area contributed by atoms with Crippen LogP contribution in [0.3, 0.4) is 0 Å². The molecule has 0 fully saturated rings. The highest BCUT2D eigenvalue weighted by atomic mass is 28.3. The van der Waals surface area contributed by atoms with E-state index in [1.165, 1.54) is 104 Å². The van der Waals surface area contributed by atoms with Crippen molar-refractivity contribution in [2.45, 2.75) is 19.6 Å². The highest BCUT2D eigenvalue weighted by Crippen LogP contribution is 2.51. The molecule has 0 N–H and O–H groups in total. The van der Waals surface area contributed by atoms with Crippen LogP contribution >= 0.6 is 0 Å². The molecular weight excluding hydrogens is 669 g/mol. The van der Waals surface area contributed by atoms with Crippen LogP contribution in [-0.2, 0) is 0 Å². The average molecular weight is 707 g/mol. The van der Waals surface area contributed by atoms with Crippen LogP contribution in [0.5, 0.6) is 0 Å². The molecule has 11 rings (SSSR count). The summed E-state index contributed by atoms with van der Waals surface area (Å²) in [5, 5.41) is 11.8. The highest BCUT2D eigenvalue weighted by Gasteiger charge is 2.28. The van der Waals surface area contributed by atoms with E-state index in [-0.39, 0.29) is 0 Å². The van der Waals surface area contributed by atoms with Crippen molar-refractivity contribution in [3.8, 4) is 27.9 Å². The van der Waals surface area contributed by atoms with Crippen LogP contribution in [0.2, 0.25) is 19.6 Å². The molecule has 0 radical (unpaired) electrons. The van der Waals surface area contributed by atoms with E-state index in [1.807, 2.05) is 0 Å². The molecule has 2 nitrogen and oxygen atoms in total. The first-order valence-corrected chi connectivity index (χ1v) is 22.4. The summed E-state index contributed by atoms with van der Waals surface area (Å²) < 4.78 is 2.41. The Hall–Kier alpha value is -6.42. The SMILES string of the molecule is C[Si](C)(C)c1c(N(c2ccccc2)c2ccc3cc4c(cc3c2)-c2cc3ccc(-n5c6ccccc6c6ccccc65)cc3cc2-4)ccc2ccccc12. The van der Waals surface area contributed by atoms with E-state index in [2.05, 4.69) is 205 Å². The van der Waals surface area contributed by atoms with Crippen molar-refractivity contribution < 1.29 is 0 Å². The summed E-state index contributed by atoms with van der Waals surface area (Å²) >= 11 is 0.